The van der Waals surface area contributed by atoms with Crippen molar-refractivity contribution in [3.8, 4) is 0 Å². The summed E-state index contributed by atoms with van der Waals surface area (Å²) < 4.78 is 25.6. The van der Waals surface area contributed by atoms with Gasteiger partial charge in [0.2, 0.25) is 0 Å². The summed E-state index contributed by atoms with van der Waals surface area (Å²) >= 11 is 0. The van der Waals surface area contributed by atoms with E-state index in [2.05, 4.69) is 9.97 Å². The van der Waals surface area contributed by atoms with Crippen LogP contribution in [0.2, 0.25) is 0 Å². The summed E-state index contributed by atoms with van der Waals surface area (Å²) in [6, 6.07) is 0. The van der Waals surface area contributed by atoms with E-state index in [-0.39, 0.29) is 5.03 Å². The van der Waals surface area contributed by atoms with Gasteiger partial charge in [0.25, 0.3) is 10.0 Å². The second kappa shape index (κ2) is 5.42. The molecule has 3 N–H and O–H groups in total. The monoisotopic (exact) mass is 246 g/mol. The van der Waals surface area contributed by atoms with Crippen molar-refractivity contribution in [3.05, 3.63) is 12.0 Å². The van der Waals surface area contributed by atoms with Crippen LogP contribution in [0.3, 0.4) is 0 Å². The predicted octanol–water partition coefficient (Wildman–Crippen LogP) is 0.0775. The van der Waals surface area contributed by atoms with Crippen LogP contribution in [-0.2, 0) is 10.0 Å². The van der Waals surface area contributed by atoms with Crippen LogP contribution in [0.15, 0.2) is 11.2 Å². The highest BCUT2D eigenvalue weighted by Crippen LogP contribution is 2.13. The maximum absolute atomic E-state index is 12.1. The third-order valence-electron chi connectivity index (χ3n) is 2.15. The van der Waals surface area contributed by atoms with Crippen LogP contribution in [-0.4, -0.2) is 42.3 Å². The van der Waals surface area contributed by atoms with E-state index >= 15 is 0 Å². The SMILES string of the molecule is CCCN(CCN)S(=O)(=O)c1cnc(C)[nH]1. The standard InChI is InChI=1S/C9H18N4O2S/c1-3-5-13(6-4-10)16(14,15)9-7-11-8(2)12-9/h7H,3-6,10H2,1-2H3,(H,11,12). The van der Waals surface area contributed by atoms with E-state index in [1.54, 1.807) is 6.92 Å². The van der Waals surface area contributed by atoms with Crippen LogP contribution in [0.25, 0.3) is 0 Å². The number of imidazole rings is 1. The van der Waals surface area contributed by atoms with Crippen LogP contribution in [0.1, 0.15) is 19.2 Å². The second-order valence-electron chi connectivity index (χ2n) is 3.53. The Balaban J connectivity index is 2.97. The zero-order valence-electron chi connectivity index (χ0n) is 9.60. The van der Waals surface area contributed by atoms with Crippen molar-refractivity contribution in [2.75, 3.05) is 19.6 Å². The number of nitrogens with zero attached hydrogens (tertiary/aromatic N) is 2. The summed E-state index contributed by atoms with van der Waals surface area (Å²) in [5.41, 5.74) is 5.41. The highest BCUT2D eigenvalue weighted by molar-refractivity contribution is 7.89. The summed E-state index contributed by atoms with van der Waals surface area (Å²) in [6.45, 7) is 4.75. The smallest absolute Gasteiger partial charge is 0.260 e. The molecule has 0 aliphatic carbocycles. The molecule has 0 saturated heterocycles. The van der Waals surface area contributed by atoms with Gasteiger partial charge in [-0.15, -0.1) is 0 Å². The average molecular weight is 246 g/mol. The van der Waals surface area contributed by atoms with Gasteiger partial charge in [-0.2, -0.15) is 4.31 Å². The lowest BCUT2D eigenvalue weighted by atomic mass is 10.5. The van der Waals surface area contributed by atoms with Gasteiger partial charge in [0.1, 0.15) is 5.82 Å². The summed E-state index contributed by atoms with van der Waals surface area (Å²) in [4.78, 5) is 6.62. The van der Waals surface area contributed by atoms with E-state index in [0.717, 1.165) is 6.42 Å². The number of rotatable bonds is 6. The molecule has 7 heteroatoms. The molecular formula is C9H18N4O2S. The molecule has 1 aromatic heterocycles. The number of hydrogen-bond donors (Lipinski definition) is 2. The van der Waals surface area contributed by atoms with Gasteiger partial charge in [-0.3, -0.25) is 0 Å². The van der Waals surface area contributed by atoms with Gasteiger partial charge in [0, 0.05) is 19.6 Å². The van der Waals surface area contributed by atoms with Crippen LogP contribution in [0.5, 0.6) is 0 Å². The largest absolute Gasteiger partial charge is 0.332 e. The Labute approximate surface area is 95.9 Å². The van der Waals surface area contributed by atoms with Crippen LogP contribution >= 0.6 is 0 Å². The molecule has 0 saturated carbocycles. The van der Waals surface area contributed by atoms with Crippen molar-refractivity contribution < 1.29 is 8.42 Å². The molecule has 1 heterocycles. The Hall–Kier alpha value is -0.920. The van der Waals surface area contributed by atoms with E-state index < -0.39 is 10.0 Å². The number of sulfonamides is 1. The molecule has 0 radical (unpaired) electrons. The Kier molecular flexibility index (Phi) is 4.45. The Morgan fingerprint density at radius 2 is 2.19 bits per heavy atom. The predicted molar refractivity (Wildman–Crippen MR) is 61.4 cm³/mol. The number of nitrogens with one attached hydrogen (secondary N) is 1. The molecule has 0 aromatic carbocycles. The molecule has 0 atom stereocenters. The molecule has 0 fully saturated rings. The fourth-order valence-electron chi connectivity index (χ4n) is 1.41. The van der Waals surface area contributed by atoms with E-state index in [1.165, 1.54) is 10.5 Å². The minimum absolute atomic E-state index is 0.131. The lowest BCUT2D eigenvalue weighted by Gasteiger charge is -2.19. The van der Waals surface area contributed by atoms with Crippen molar-refractivity contribution in [3.63, 3.8) is 0 Å². The molecule has 92 valence electrons. The molecule has 6 nitrogen and oxygen atoms in total. The fraction of sp³-hybridized carbons (Fsp3) is 0.667. The molecule has 16 heavy (non-hydrogen) atoms. The number of H-pyrrole nitrogens is 1. The summed E-state index contributed by atoms with van der Waals surface area (Å²) in [5.74, 6) is 0.586. The molecular weight excluding hydrogens is 228 g/mol. The fourth-order valence-corrected chi connectivity index (χ4v) is 2.92. The average Bonchev–Trinajstić information content (AvgIpc) is 2.65. The normalized spacial score (nSPS) is 12.2. The third kappa shape index (κ3) is 2.81. The summed E-state index contributed by atoms with van der Waals surface area (Å²) in [7, 11) is -3.47. The van der Waals surface area contributed by atoms with Gasteiger partial charge in [-0.25, -0.2) is 13.4 Å². The van der Waals surface area contributed by atoms with Crippen LogP contribution < -0.4 is 5.73 Å². The highest BCUT2D eigenvalue weighted by Gasteiger charge is 2.24. The molecule has 0 aliphatic rings. The highest BCUT2D eigenvalue weighted by atomic mass is 32.2. The van der Waals surface area contributed by atoms with Crippen molar-refractivity contribution in [1.82, 2.24) is 14.3 Å². The first-order valence-corrected chi connectivity index (χ1v) is 6.68. The number of aryl methyl sites for hydroxylation is 1. The third-order valence-corrected chi connectivity index (χ3v) is 3.96. The molecule has 1 rings (SSSR count). The molecule has 0 bridgehead atoms. The van der Waals surface area contributed by atoms with E-state index in [9.17, 15) is 8.42 Å². The Bertz CT molecular complexity index is 420. The molecule has 0 aliphatic heterocycles. The van der Waals surface area contributed by atoms with Crippen molar-refractivity contribution in [2.24, 2.45) is 5.73 Å². The van der Waals surface area contributed by atoms with Crippen LogP contribution in [0.4, 0.5) is 0 Å². The first-order chi connectivity index (χ1) is 7.52. The summed E-state index contributed by atoms with van der Waals surface area (Å²) in [6.07, 6.45) is 2.09. The Morgan fingerprint density at radius 3 is 2.62 bits per heavy atom. The van der Waals surface area contributed by atoms with Gasteiger partial charge in [-0.05, 0) is 13.3 Å². The number of aromatic amines is 1. The topological polar surface area (TPSA) is 92.1 Å². The quantitative estimate of drug-likeness (QED) is 0.743. The zero-order chi connectivity index (χ0) is 12.2. The minimum Gasteiger partial charge on any atom is -0.332 e. The lowest BCUT2D eigenvalue weighted by molar-refractivity contribution is 0.416. The van der Waals surface area contributed by atoms with Gasteiger partial charge in [0.05, 0.1) is 6.20 Å². The maximum atomic E-state index is 12.1. The zero-order valence-corrected chi connectivity index (χ0v) is 10.4. The number of hydrogen-bond acceptors (Lipinski definition) is 4. The first-order valence-electron chi connectivity index (χ1n) is 5.24. The maximum Gasteiger partial charge on any atom is 0.260 e. The van der Waals surface area contributed by atoms with Gasteiger partial charge in [-0.1, -0.05) is 6.92 Å². The van der Waals surface area contributed by atoms with E-state index in [4.69, 9.17) is 5.73 Å². The summed E-state index contributed by atoms with van der Waals surface area (Å²) in [5, 5.41) is 0.131. The van der Waals surface area contributed by atoms with E-state index in [0.29, 0.717) is 25.5 Å². The van der Waals surface area contributed by atoms with Crippen molar-refractivity contribution in [2.45, 2.75) is 25.3 Å². The van der Waals surface area contributed by atoms with Crippen LogP contribution in [0, 0.1) is 6.92 Å². The molecule has 1 aromatic rings. The van der Waals surface area contributed by atoms with Gasteiger partial charge < -0.3 is 10.7 Å². The molecule has 0 spiro atoms. The van der Waals surface area contributed by atoms with E-state index in [1.807, 2.05) is 6.92 Å². The number of nitrogens with two attached hydrogens (primary N) is 1. The lowest BCUT2D eigenvalue weighted by Crippen LogP contribution is -2.36. The number of aromatic nitrogens is 2. The van der Waals surface area contributed by atoms with Crippen molar-refractivity contribution in [1.29, 1.82) is 0 Å². The molecule has 0 amide bonds. The Morgan fingerprint density at radius 1 is 1.50 bits per heavy atom. The van der Waals surface area contributed by atoms with Gasteiger partial charge in [0.15, 0.2) is 5.03 Å². The van der Waals surface area contributed by atoms with Crippen molar-refractivity contribution >= 4 is 10.0 Å². The molecule has 0 unspecified atom stereocenters. The minimum atomic E-state index is -3.47. The van der Waals surface area contributed by atoms with Gasteiger partial charge >= 0.3 is 0 Å². The second-order valence-corrected chi connectivity index (χ2v) is 5.43. The first kappa shape index (κ1) is 13.1.